The zero-order chi connectivity index (χ0) is 19.8. The van der Waals surface area contributed by atoms with Crippen molar-refractivity contribution in [2.45, 2.75) is 32.8 Å². The lowest BCUT2D eigenvalue weighted by atomic mass is 10.1. The maximum atomic E-state index is 12.3. The number of aryl methyl sites for hydroxylation is 1. The molecule has 0 aliphatic rings. The molecule has 0 fully saturated rings. The molecule has 3 aromatic rings. The average molecular weight is 377 g/mol. The Kier molecular flexibility index (Phi) is 6.90. The number of nitrogens with one attached hydrogen (secondary N) is 1. The van der Waals surface area contributed by atoms with Crippen LogP contribution in [0.15, 0.2) is 66.7 Å². The van der Waals surface area contributed by atoms with Crippen LogP contribution in [0.5, 0.6) is 11.5 Å². The third-order valence-corrected chi connectivity index (χ3v) is 4.60. The monoisotopic (exact) mass is 377 g/mol. The summed E-state index contributed by atoms with van der Waals surface area (Å²) in [7, 11) is 0. The zero-order valence-corrected chi connectivity index (χ0v) is 16.5. The van der Waals surface area contributed by atoms with Crippen LogP contribution in [0.25, 0.3) is 10.8 Å². The van der Waals surface area contributed by atoms with Crippen LogP contribution in [-0.2, 0) is 11.2 Å². The molecule has 1 amide bonds. The molecular formula is C24H27NO3. The molecule has 3 rings (SSSR count). The molecule has 0 aliphatic heterocycles. The number of amides is 1. The second kappa shape index (κ2) is 9.79. The molecular weight excluding hydrogens is 350 g/mol. The topological polar surface area (TPSA) is 47.6 Å². The Hall–Kier alpha value is -3.01. The molecule has 146 valence electrons. The summed E-state index contributed by atoms with van der Waals surface area (Å²) >= 11 is 0. The molecule has 0 heterocycles. The van der Waals surface area contributed by atoms with Gasteiger partial charge in [0.1, 0.15) is 11.5 Å². The summed E-state index contributed by atoms with van der Waals surface area (Å²) in [6.45, 7) is 5.00. The summed E-state index contributed by atoms with van der Waals surface area (Å²) in [5, 5.41) is 5.21. The maximum absolute atomic E-state index is 12.3. The Balaban J connectivity index is 1.46. The van der Waals surface area contributed by atoms with E-state index in [1.54, 1.807) is 6.92 Å². The standard InChI is InChI=1S/C24H27NO3/c1-3-27-23-13-7-6-10-20(23)12-8-16-25-24(26)18(2)28-22-15-14-19-9-4-5-11-21(19)17-22/h4-7,9-11,13-15,17-18H,3,8,12,16H2,1-2H3,(H,25,26)/t18-/m0/s1. The molecule has 4 heteroatoms. The molecule has 0 radical (unpaired) electrons. The predicted molar refractivity (Wildman–Crippen MR) is 113 cm³/mol. The smallest absolute Gasteiger partial charge is 0.260 e. The van der Waals surface area contributed by atoms with E-state index in [1.807, 2.05) is 61.5 Å². The Morgan fingerprint density at radius 1 is 1.00 bits per heavy atom. The minimum absolute atomic E-state index is 0.105. The summed E-state index contributed by atoms with van der Waals surface area (Å²) in [4.78, 5) is 12.3. The van der Waals surface area contributed by atoms with E-state index in [4.69, 9.17) is 9.47 Å². The van der Waals surface area contributed by atoms with Gasteiger partial charge >= 0.3 is 0 Å². The summed E-state index contributed by atoms with van der Waals surface area (Å²) in [5.41, 5.74) is 1.17. The number of ether oxygens (including phenoxy) is 2. The van der Waals surface area contributed by atoms with Crippen molar-refractivity contribution < 1.29 is 14.3 Å². The molecule has 0 spiro atoms. The van der Waals surface area contributed by atoms with E-state index in [0.717, 1.165) is 29.4 Å². The van der Waals surface area contributed by atoms with Crippen molar-refractivity contribution in [1.82, 2.24) is 5.32 Å². The lowest BCUT2D eigenvalue weighted by molar-refractivity contribution is -0.127. The number of carbonyl (C=O) groups excluding carboxylic acids is 1. The first kappa shape index (κ1) is 19.7. The lowest BCUT2D eigenvalue weighted by Crippen LogP contribution is -2.36. The van der Waals surface area contributed by atoms with E-state index < -0.39 is 6.10 Å². The highest BCUT2D eigenvalue weighted by Crippen LogP contribution is 2.22. The summed E-state index contributed by atoms with van der Waals surface area (Å²) < 4.78 is 11.5. The van der Waals surface area contributed by atoms with Crippen molar-refractivity contribution in [3.8, 4) is 11.5 Å². The molecule has 1 atom stereocenters. The van der Waals surface area contributed by atoms with Gasteiger partial charge in [-0.25, -0.2) is 0 Å². The minimum atomic E-state index is -0.545. The third kappa shape index (κ3) is 5.26. The normalized spacial score (nSPS) is 11.8. The highest BCUT2D eigenvalue weighted by molar-refractivity contribution is 5.84. The van der Waals surface area contributed by atoms with Crippen molar-refractivity contribution in [1.29, 1.82) is 0 Å². The Morgan fingerprint density at radius 2 is 1.75 bits per heavy atom. The molecule has 28 heavy (non-hydrogen) atoms. The van der Waals surface area contributed by atoms with E-state index >= 15 is 0 Å². The van der Waals surface area contributed by atoms with Crippen molar-refractivity contribution in [3.05, 3.63) is 72.3 Å². The minimum Gasteiger partial charge on any atom is -0.494 e. The first-order valence-corrected chi connectivity index (χ1v) is 9.81. The van der Waals surface area contributed by atoms with Crippen LogP contribution >= 0.6 is 0 Å². The van der Waals surface area contributed by atoms with Gasteiger partial charge in [0.2, 0.25) is 0 Å². The fraction of sp³-hybridized carbons (Fsp3) is 0.292. The largest absolute Gasteiger partial charge is 0.494 e. The van der Waals surface area contributed by atoms with Gasteiger partial charge in [0.25, 0.3) is 5.91 Å². The van der Waals surface area contributed by atoms with Crippen molar-refractivity contribution >= 4 is 16.7 Å². The van der Waals surface area contributed by atoms with Crippen LogP contribution in [0.3, 0.4) is 0 Å². The summed E-state index contributed by atoms with van der Waals surface area (Å²) in [5.74, 6) is 1.52. The fourth-order valence-electron chi connectivity index (χ4n) is 3.14. The van der Waals surface area contributed by atoms with Crippen LogP contribution in [0.2, 0.25) is 0 Å². The summed E-state index contributed by atoms with van der Waals surface area (Å²) in [6.07, 6.45) is 1.16. The van der Waals surface area contributed by atoms with E-state index in [-0.39, 0.29) is 5.91 Å². The van der Waals surface area contributed by atoms with Gasteiger partial charge in [-0.15, -0.1) is 0 Å². The molecule has 0 bridgehead atoms. The molecule has 0 saturated carbocycles. The van der Waals surface area contributed by atoms with Crippen molar-refractivity contribution in [3.63, 3.8) is 0 Å². The quantitative estimate of drug-likeness (QED) is 0.547. The maximum Gasteiger partial charge on any atom is 0.260 e. The second-order valence-corrected chi connectivity index (χ2v) is 6.70. The highest BCUT2D eigenvalue weighted by atomic mass is 16.5. The Bertz CT molecular complexity index is 922. The molecule has 3 aromatic carbocycles. The number of carbonyl (C=O) groups is 1. The molecule has 0 unspecified atom stereocenters. The highest BCUT2D eigenvalue weighted by Gasteiger charge is 2.14. The first-order valence-electron chi connectivity index (χ1n) is 9.81. The lowest BCUT2D eigenvalue weighted by Gasteiger charge is -2.15. The van der Waals surface area contributed by atoms with Gasteiger partial charge in [0.15, 0.2) is 6.10 Å². The fourth-order valence-corrected chi connectivity index (χ4v) is 3.14. The van der Waals surface area contributed by atoms with Gasteiger partial charge in [-0.1, -0.05) is 48.5 Å². The predicted octanol–water partition coefficient (Wildman–Crippen LogP) is 4.75. The van der Waals surface area contributed by atoms with Crippen molar-refractivity contribution in [2.75, 3.05) is 13.2 Å². The number of hydrogen-bond acceptors (Lipinski definition) is 3. The number of benzene rings is 3. The summed E-state index contributed by atoms with van der Waals surface area (Å²) in [6, 6.07) is 22.0. The SMILES string of the molecule is CCOc1ccccc1CCCNC(=O)[C@H](C)Oc1ccc2ccccc2c1. The van der Waals surface area contributed by atoms with Crippen LogP contribution < -0.4 is 14.8 Å². The Morgan fingerprint density at radius 3 is 2.57 bits per heavy atom. The van der Waals surface area contributed by atoms with E-state index in [1.165, 1.54) is 5.56 Å². The van der Waals surface area contributed by atoms with Crippen LogP contribution in [0.1, 0.15) is 25.8 Å². The molecule has 0 aromatic heterocycles. The average Bonchev–Trinajstić information content (AvgIpc) is 2.72. The number of fused-ring (bicyclic) bond motifs is 1. The number of para-hydroxylation sites is 1. The number of hydrogen-bond donors (Lipinski definition) is 1. The van der Waals surface area contributed by atoms with Crippen LogP contribution in [0, 0.1) is 0 Å². The van der Waals surface area contributed by atoms with Gasteiger partial charge in [0, 0.05) is 6.54 Å². The van der Waals surface area contributed by atoms with E-state index in [9.17, 15) is 4.79 Å². The van der Waals surface area contributed by atoms with Crippen molar-refractivity contribution in [2.24, 2.45) is 0 Å². The molecule has 0 aliphatic carbocycles. The van der Waals surface area contributed by atoms with E-state index in [2.05, 4.69) is 17.4 Å². The Labute approximate surface area is 166 Å². The second-order valence-electron chi connectivity index (χ2n) is 6.70. The number of rotatable bonds is 9. The first-order chi connectivity index (χ1) is 13.7. The van der Waals surface area contributed by atoms with Gasteiger partial charge in [-0.3, -0.25) is 4.79 Å². The molecule has 0 saturated heterocycles. The third-order valence-electron chi connectivity index (χ3n) is 4.60. The van der Waals surface area contributed by atoms with Crippen LogP contribution in [-0.4, -0.2) is 25.2 Å². The van der Waals surface area contributed by atoms with Gasteiger partial charge < -0.3 is 14.8 Å². The van der Waals surface area contributed by atoms with Gasteiger partial charge in [-0.05, 0) is 61.2 Å². The van der Waals surface area contributed by atoms with Gasteiger partial charge in [0.05, 0.1) is 6.61 Å². The van der Waals surface area contributed by atoms with Crippen LogP contribution in [0.4, 0.5) is 0 Å². The zero-order valence-electron chi connectivity index (χ0n) is 16.5. The van der Waals surface area contributed by atoms with Gasteiger partial charge in [-0.2, -0.15) is 0 Å². The molecule has 4 nitrogen and oxygen atoms in total. The van der Waals surface area contributed by atoms with E-state index in [0.29, 0.717) is 18.9 Å². The molecule has 1 N–H and O–H groups in total.